The van der Waals surface area contributed by atoms with Crippen molar-refractivity contribution in [3.05, 3.63) is 47.4 Å². The fourth-order valence-corrected chi connectivity index (χ4v) is 8.01. The number of rotatable bonds is 5. The molecule has 2 aromatic heterocycles. The summed E-state index contributed by atoms with van der Waals surface area (Å²) in [5, 5.41) is 14.6. The van der Waals surface area contributed by atoms with Crippen LogP contribution in [0.2, 0.25) is 0 Å². The van der Waals surface area contributed by atoms with Crippen LogP contribution in [-0.2, 0) is 6.42 Å². The summed E-state index contributed by atoms with van der Waals surface area (Å²) < 4.78 is 67.3. The second-order valence-corrected chi connectivity index (χ2v) is 12.9. The Balaban J connectivity index is 1.32. The third kappa shape index (κ3) is 4.59. The molecule has 4 aliphatic rings. The first-order valence-corrected chi connectivity index (χ1v) is 15.8. The first-order valence-electron chi connectivity index (χ1n) is 15.8. The molecule has 8 nitrogen and oxygen atoms in total. The molecule has 236 valence electrons. The lowest BCUT2D eigenvalue weighted by Gasteiger charge is -2.40. The van der Waals surface area contributed by atoms with Gasteiger partial charge in [-0.3, -0.25) is 4.90 Å². The van der Waals surface area contributed by atoms with Gasteiger partial charge in [-0.05, 0) is 62.2 Å². The molecule has 2 N–H and O–H groups in total. The van der Waals surface area contributed by atoms with Crippen LogP contribution in [-0.4, -0.2) is 81.5 Å². The Morgan fingerprint density at radius 3 is 2.80 bits per heavy atom. The van der Waals surface area contributed by atoms with Crippen molar-refractivity contribution in [3.8, 4) is 23.0 Å². The summed E-state index contributed by atoms with van der Waals surface area (Å²) in [6.45, 7) is 4.82. The number of phenols is 1. The molecule has 45 heavy (non-hydrogen) atoms. The molecule has 3 fully saturated rings. The summed E-state index contributed by atoms with van der Waals surface area (Å²) in [6.07, 6.45) is 3.25. The Hall–Kier alpha value is -3.77. The quantitative estimate of drug-likeness (QED) is 0.285. The van der Waals surface area contributed by atoms with Gasteiger partial charge in [0, 0.05) is 49.1 Å². The van der Waals surface area contributed by atoms with Crippen molar-refractivity contribution in [3.63, 3.8) is 0 Å². The zero-order chi connectivity index (χ0) is 31.0. The molecule has 8 rings (SSSR count). The minimum absolute atomic E-state index is 0.0201. The molecule has 2 aromatic carbocycles. The van der Waals surface area contributed by atoms with Crippen LogP contribution in [0.3, 0.4) is 0 Å². The smallest absolute Gasteiger partial charge is 0.319 e. The number of hydrogen-bond donors (Lipinski definition) is 2. The van der Waals surface area contributed by atoms with Crippen molar-refractivity contribution in [1.29, 1.82) is 0 Å². The number of aromatic nitrogens is 3. The number of fused-ring (bicyclic) bond motifs is 4. The number of ether oxygens (including phenoxy) is 1. The third-order valence-corrected chi connectivity index (χ3v) is 10.3. The number of benzene rings is 2. The topological polar surface area (TPSA) is 86.6 Å². The van der Waals surface area contributed by atoms with Crippen molar-refractivity contribution in [2.75, 3.05) is 37.7 Å². The summed E-state index contributed by atoms with van der Waals surface area (Å²) in [7, 11) is 0. The van der Waals surface area contributed by atoms with E-state index in [-0.39, 0.29) is 58.0 Å². The maximum absolute atomic E-state index is 16.9. The number of anilines is 1. The fourth-order valence-electron chi connectivity index (χ4n) is 8.01. The van der Waals surface area contributed by atoms with E-state index in [1.807, 2.05) is 0 Å². The van der Waals surface area contributed by atoms with Gasteiger partial charge in [0.1, 0.15) is 35.6 Å². The highest BCUT2D eigenvalue weighted by molar-refractivity contribution is 6.01. The van der Waals surface area contributed by atoms with Crippen LogP contribution >= 0.6 is 0 Å². The second-order valence-electron chi connectivity index (χ2n) is 12.9. The molecule has 4 aliphatic heterocycles. The standard InChI is InChI=1S/C33H34F4N6O2/c1-2-19-15-43-20(13-38-19)5-7-24-26-30(40-32(41-31(26)43)45-16-33-8-3-9-42(33)14-18(34)12-33)28(37)29(39-24)22-11-21(44)10-17-4-6-23(35)27(36)25(17)22/h4,6,10-11,18-20,38,44H,2-3,5,7-9,12-16H2,1H3/t18-,19-,20-,33+/m1/s1. The normalized spacial score (nSPS) is 26.3. The van der Waals surface area contributed by atoms with E-state index in [1.54, 1.807) is 0 Å². The fraction of sp³-hybridized carbons (Fsp3) is 0.485. The van der Waals surface area contributed by atoms with Gasteiger partial charge in [0.05, 0.1) is 16.6 Å². The summed E-state index contributed by atoms with van der Waals surface area (Å²) >= 11 is 0. The van der Waals surface area contributed by atoms with E-state index in [2.05, 4.69) is 27.0 Å². The number of alkyl halides is 1. The van der Waals surface area contributed by atoms with Crippen molar-refractivity contribution < 1.29 is 27.4 Å². The number of piperazine rings is 1. The molecular weight excluding hydrogens is 588 g/mol. The van der Waals surface area contributed by atoms with Crippen LogP contribution in [0.1, 0.15) is 44.7 Å². The Kier molecular flexibility index (Phi) is 6.79. The van der Waals surface area contributed by atoms with Crippen LogP contribution in [0.15, 0.2) is 24.3 Å². The zero-order valence-corrected chi connectivity index (χ0v) is 24.9. The molecule has 0 amide bonds. The van der Waals surface area contributed by atoms with Crippen LogP contribution in [0, 0.1) is 17.5 Å². The molecule has 0 saturated carbocycles. The van der Waals surface area contributed by atoms with Gasteiger partial charge < -0.3 is 20.1 Å². The molecular formula is C33H34F4N6O2. The lowest BCUT2D eigenvalue weighted by molar-refractivity contribution is 0.107. The minimum Gasteiger partial charge on any atom is -0.508 e. The van der Waals surface area contributed by atoms with Crippen LogP contribution < -0.4 is 15.0 Å². The van der Waals surface area contributed by atoms with E-state index in [9.17, 15) is 13.9 Å². The highest BCUT2D eigenvalue weighted by Crippen LogP contribution is 2.43. The summed E-state index contributed by atoms with van der Waals surface area (Å²) in [6, 6.07) is 5.04. The Labute approximate surface area is 257 Å². The van der Waals surface area contributed by atoms with Crippen molar-refractivity contribution in [2.45, 2.75) is 69.2 Å². The lowest BCUT2D eigenvalue weighted by Crippen LogP contribution is -2.56. The first-order chi connectivity index (χ1) is 21.7. The number of aromatic hydroxyl groups is 1. The zero-order valence-electron chi connectivity index (χ0n) is 24.9. The number of phenolic OH excluding ortho intramolecular Hbond substituents is 1. The molecule has 12 heteroatoms. The molecule has 0 aliphatic carbocycles. The predicted octanol–water partition coefficient (Wildman–Crippen LogP) is 5.43. The van der Waals surface area contributed by atoms with Gasteiger partial charge >= 0.3 is 6.01 Å². The van der Waals surface area contributed by atoms with E-state index in [0.717, 1.165) is 31.9 Å². The lowest BCUT2D eigenvalue weighted by atomic mass is 9.95. The van der Waals surface area contributed by atoms with Gasteiger partial charge in [0.25, 0.3) is 0 Å². The number of halogens is 4. The van der Waals surface area contributed by atoms with E-state index >= 15 is 8.78 Å². The highest BCUT2D eigenvalue weighted by Gasteiger charge is 2.49. The van der Waals surface area contributed by atoms with Gasteiger partial charge in [-0.2, -0.15) is 9.97 Å². The SMILES string of the molecule is CC[C@@H]1CN2c3nc(OC[C@@]45CCCN4C[C@H](F)C5)nc4c(F)c(-c5cc(O)cc6ccc(F)c(F)c56)nc(c34)CC[C@@H]2CN1. The van der Waals surface area contributed by atoms with Gasteiger partial charge in [-0.1, -0.05) is 13.0 Å². The Morgan fingerprint density at radius 2 is 1.96 bits per heavy atom. The molecule has 0 spiro atoms. The van der Waals surface area contributed by atoms with E-state index < -0.39 is 29.2 Å². The van der Waals surface area contributed by atoms with Crippen molar-refractivity contribution in [2.24, 2.45) is 0 Å². The average Bonchev–Trinajstić information content (AvgIpc) is 3.51. The molecule has 0 unspecified atom stereocenters. The maximum atomic E-state index is 16.9. The number of hydrogen-bond acceptors (Lipinski definition) is 8. The van der Waals surface area contributed by atoms with Gasteiger partial charge in [0.2, 0.25) is 0 Å². The Bertz CT molecular complexity index is 1840. The maximum Gasteiger partial charge on any atom is 0.319 e. The van der Waals surface area contributed by atoms with Gasteiger partial charge in [-0.25, -0.2) is 22.5 Å². The highest BCUT2D eigenvalue weighted by atomic mass is 19.2. The van der Waals surface area contributed by atoms with E-state index in [0.29, 0.717) is 55.8 Å². The molecule has 3 saturated heterocycles. The molecule has 0 bridgehead atoms. The Morgan fingerprint density at radius 1 is 1.09 bits per heavy atom. The van der Waals surface area contributed by atoms with E-state index in [4.69, 9.17) is 14.7 Å². The number of aryl methyl sites for hydroxylation is 1. The monoisotopic (exact) mass is 622 g/mol. The van der Waals surface area contributed by atoms with Gasteiger partial charge in [0.15, 0.2) is 17.5 Å². The number of pyridine rings is 1. The number of nitrogens with one attached hydrogen (secondary N) is 1. The van der Waals surface area contributed by atoms with Gasteiger partial charge in [-0.15, -0.1) is 0 Å². The van der Waals surface area contributed by atoms with Crippen molar-refractivity contribution >= 4 is 27.5 Å². The largest absolute Gasteiger partial charge is 0.508 e. The van der Waals surface area contributed by atoms with Crippen LogP contribution in [0.25, 0.3) is 32.9 Å². The van der Waals surface area contributed by atoms with Crippen molar-refractivity contribution in [1.82, 2.24) is 25.2 Å². The van der Waals surface area contributed by atoms with E-state index in [1.165, 1.54) is 18.2 Å². The molecule has 6 heterocycles. The third-order valence-electron chi connectivity index (χ3n) is 10.3. The van der Waals surface area contributed by atoms with Crippen LogP contribution in [0.5, 0.6) is 11.8 Å². The molecule has 4 aromatic rings. The number of nitrogens with zero attached hydrogens (tertiary/aromatic N) is 5. The summed E-state index contributed by atoms with van der Waals surface area (Å²) in [5.74, 6) is -2.80. The molecule has 4 atom stereocenters. The summed E-state index contributed by atoms with van der Waals surface area (Å²) in [5.41, 5.74) is -0.261. The van der Waals surface area contributed by atoms with Crippen LogP contribution in [0.4, 0.5) is 23.4 Å². The second kappa shape index (κ2) is 10.7. The molecule has 0 radical (unpaired) electrons. The average molecular weight is 623 g/mol. The summed E-state index contributed by atoms with van der Waals surface area (Å²) in [4.78, 5) is 18.5. The first kappa shape index (κ1) is 28.7. The predicted molar refractivity (Wildman–Crippen MR) is 162 cm³/mol. The minimum atomic E-state index is -1.15.